The van der Waals surface area contributed by atoms with Crippen molar-refractivity contribution in [3.63, 3.8) is 0 Å². The second-order valence-corrected chi connectivity index (χ2v) is 3.17. The Morgan fingerprint density at radius 1 is 1.14 bits per heavy atom. The van der Waals surface area contributed by atoms with Crippen molar-refractivity contribution in [1.29, 1.82) is 0 Å². The van der Waals surface area contributed by atoms with Crippen molar-refractivity contribution in [3.8, 4) is 0 Å². The Morgan fingerprint density at radius 3 is 2.93 bits per heavy atom. The molecule has 0 aliphatic carbocycles. The van der Waals surface area contributed by atoms with Crippen molar-refractivity contribution in [2.24, 2.45) is 0 Å². The number of hydrogen-bond acceptors (Lipinski definition) is 1. The molecule has 0 N–H and O–H groups in total. The van der Waals surface area contributed by atoms with Gasteiger partial charge in [0.25, 0.3) is 0 Å². The van der Waals surface area contributed by atoms with E-state index in [-0.39, 0.29) is 41.2 Å². The lowest BCUT2D eigenvalue weighted by molar-refractivity contribution is 0.666. The molecule has 1 heterocycles. The summed E-state index contributed by atoms with van der Waals surface area (Å²) < 4.78 is 44.8. The predicted molar refractivity (Wildman–Crippen MR) is 58.5 cm³/mol. The first-order valence-corrected chi connectivity index (χ1v) is 4.31. The SMILES string of the molecule is [2H]c1cc([2H])c2oc3c(C)cc([2H])c([2H])c3c2c1[2H]. The van der Waals surface area contributed by atoms with Crippen molar-refractivity contribution >= 4 is 21.9 Å². The molecule has 14 heavy (non-hydrogen) atoms. The van der Waals surface area contributed by atoms with Gasteiger partial charge in [-0.15, -0.1) is 0 Å². The first-order valence-electron chi connectivity index (χ1n) is 6.81. The molecule has 0 aliphatic rings. The third-order valence-corrected chi connectivity index (χ3v) is 2.22. The van der Waals surface area contributed by atoms with Crippen LogP contribution in [0.5, 0.6) is 0 Å². The van der Waals surface area contributed by atoms with Crippen LogP contribution in [0.3, 0.4) is 0 Å². The summed E-state index contributed by atoms with van der Waals surface area (Å²) in [6, 6.07) is 2.69. The van der Waals surface area contributed by atoms with Gasteiger partial charge in [0.2, 0.25) is 0 Å². The highest BCUT2D eigenvalue weighted by Crippen LogP contribution is 2.29. The predicted octanol–water partition coefficient (Wildman–Crippen LogP) is 3.89. The summed E-state index contributed by atoms with van der Waals surface area (Å²) in [6.45, 7) is 1.76. The van der Waals surface area contributed by atoms with Crippen LogP contribution in [0.2, 0.25) is 0 Å². The number of aryl methyl sites for hydroxylation is 1. The van der Waals surface area contributed by atoms with E-state index < -0.39 is 0 Å². The average molecular weight is 187 g/mol. The number of benzene rings is 2. The minimum Gasteiger partial charge on any atom is -0.456 e. The van der Waals surface area contributed by atoms with Crippen LogP contribution in [0.4, 0.5) is 0 Å². The van der Waals surface area contributed by atoms with E-state index in [2.05, 4.69) is 0 Å². The summed E-state index contributed by atoms with van der Waals surface area (Å²) in [5.74, 6) is 0. The normalized spacial score (nSPS) is 16.2. The number of furan rings is 1. The third-order valence-electron chi connectivity index (χ3n) is 2.22. The average Bonchev–Trinajstić information content (AvgIpc) is 2.75. The van der Waals surface area contributed by atoms with Crippen molar-refractivity contribution in [2.45, 2.75) is 6.92 Å². The topological polar surface area (TPSA) is 13.1 Å². The number of fused-ring (bicyclic) bond motifs is 3. The van der Waals surface area contributed by atoms with Crippen LogP contribution in [0.25, 0.3) is 21.9 Å². The largest absolute Gasteiger partial charge is 0.456 e. The smallest absolute Gasteiger partial charge is 0.138 e. The fraction of sp³-hybridized carbons (Fsp3) is 0.0769. The monoisotopic (exact) mass is 187 g/mol. The number of hydrogen-bond donors (Lipinski definition) is 0. The Hall–Kier alpha value is -1.76. The van der Waals surface area contributed by atoms with Crippen molar-refractivity contribution in [1.82, 2.24) is 0 Å². The Kier molecular flexibility index (Phi) is 0.780. The van der Waals surface area contributed by atoms with Gasteiger partial charge in [0, 0.05) is 10.8 Å². The molecule has 0 spiro atoms. The first-order chi connectivity index (χ1) is 8.91. The Labute approximate surface area is 89.0 Å². The second kappa shape index (κ2) is 2.61. The second-order valence-electron chi connectivity index (χ2n) is 3.17. The Bertz CT molecular complexity index is 766. The summed E-state index contributed by atoms with van der Waals surface area (Å²) in [4.78, 5) is 0. The molecular weight excluding hydrogens is 172 g/mol. The summed E-state index contributed by atoms with van der Waals surface area (Å²) in [5.41, 5.74) is 1.32. The highest BCUT2D eigenvalue weighted by molar-refractivity contribution is 6.05. The molecule has 0 radical (unpaired) electrons. The van der Waals surface area contributed by atoms with Crippen molar-refractivity contribution in [2.75, 3.05) is 0 Å². The molecule has 1 heteroatoms. The maximum atomic E-state index is 7.97. The van der Waals surface area contributed by atoms with E-state index in [9.17, 15) is 0 Å². The van der Waals surface area contributed by atoms with Crippen molar-refractivity contribution in [3.05, 3.63) is 47.9 Å². The molecule has 0 atom stereocenters. The van der Waals surface area contributed by atoms with E-state index in [1.54, 1.807) is 6.92 Å². The molecule has 0 saturated carbocycles. The lowest BCUT2D eigenvalue weighted by atomic mass is 10.1. The fourth-order valence-corrected chi connectivity index (χ4v) is 1.54. The zero-order chi connectivity index (χ0) is 13.9. The molecule has 0 fully saturated rings. The van der Waals surface area contributed by atoms with Crippen LogP contribution < -0.4 is 0 Å². The van der Waals surface area contributed by atoms with Gasteiger partial charge in [-0.05, 0) is 18.5 Å². The molecule has 2 aromatic carbocycles. The summed E-state index contributed by atoms with van der Waals surface area (Å²) >= 11 is 0. The summed E-state index contributed by atoms with van der Waals surface area (Å²) in [6.07, 6.45) is 0. The van der Waals surface area contributed by atoms with Gasteiger partial charge < -0.3 is 4.42 Å². The minimum atomic E-state index is -0.0763. The number of para-hydroxylation sites is 2. The number of rotatable bonds is 0. The van der Waals surface area contributed by atoms with Crippen LogP contribution in [0, 0.1) is 6.92 Å². The fourth-order valence-electron chi connectivity index (χ4n) is 1.54. The standard InChI is InChI=1S/C13H10O/c1-9-5-4-7-11-10-6-2-3-8-12(10)14-13(9)11/h2-8H,1H3/i2D,4D,6D,7D,8D. The van der Waals surface area contributed by atoms with Gasteiger partial charge in [0.15, 0.2) is 0 Å². The van der Waals surface area contributed by atoms with Gasteiger partial charge in [-0.1, -0.05) is 36.3 Å². The summed E-state index contributed by atoms with van der Waals surface area (Å²) in [7, 11) is 0. The molecule has 0 bridgehead atoms. The van der Waals surface area contributed by atoms with Gasteiger partial charge in [-0.25, -0.2) is 0 Å². The third kappa shape index (κ3) is 0.896. The molecule has 0 amide bonds. The lowest BCUT2D eigenvalue weighted by Gasteiger charge is -1.91. The highest BCUT2D eigenvalue weighted by atomic mass is 16.3. The molecule has 3 rings (SSSR count). The van der Waals surface area contributed by atoms with Crippen molar-refractivity contribution < 1.29 is 11.3 Å². The van der Waals surface area contributed by atoms with Crippen LogP contribution in [0.15, 0.2) is 46.8 Å². The minimum absolute atomic E-state index is 0.0255. The quantitative estimate of drug-likeness (QED) is 0.520. The van der Waals surface area contributed by atoms with E-state index in [1.807, 2.05) is 0 Å². The lowest BCUT2D eigenvalue weighted by Crippen LogP contribution is -1.70. The van der Waals surface area contributed by atoms with E-state index in [4.69, 9.17) is 11.3 Å². The molecule has 0 saturated heterocycles. The van der Waals surface area contributed by atoms with Gasteiger partial charge in [-0.3, -0.25) is 0 Å². The van der Waals surface area contributed by atoms with E-state index in [0.29, 0.717) is 16.5 Å². The summed E-state index contributed by atoms with van der Waals surface area (Å²) in [5, 5.41) is 0.641. The van der Waals surface area contributed by atoms with E-state index >= 15 is 0 Å². The first kappa shape index (κ1) is 4.18. The molecule has 3 aromatic rings. The van der Waals surface area contributed by atoms with Gasteiger partial charge in [0.1, 0.15) is 11.2 Å². The Balaban J connectivity index is 2.71. The van der Waals surface area contributed by atoms with Crippen LogP contribution in [-0.2, 0) is 0 Å². The molecule has 0 unspecified atom stereocenters. The molecule has 68 valence electrons. The molecule has 1 nitrogen and oxygen atoms in total. The molecular formula is C13H10O. The Morgan fingerprint density at radius 2 is 2.00 bits per heavy atom. The zero-order valence-electron chi connectivity index (χ0n) is 12.6. The van der Waals surface area contributed by atoms with Gasteiger partial charge >= 0.3 is 0 Å². The zero-order valence-corrected chi connectivity index (χ0v) is 7.56. The van der Waals surface area contributed by atoms with Crippen LogP contribution in [0.1, 0.15) is 12.4 Å². The van der Waals surface area contributed by atoms with E-state index in [0.717, 1.165) is 0 Å². The van der Waals surface area contributed by atoms with Crippen LogP contribution >= 0.6 is 0 Å². The van der Waals surface area contributed by atoms with Crippen LogP contribution in [-0.4, -0.2) is 0 Å². The molecule has 1 aromatic heterocycles. The van der Waals surface area contributed by atoms with Gasteiger partial charge in [0.05, 0.1) is 6.85 Å². The van der Waals surface area contributed by atoms with E-state index in [1.165, 1.54) is 12.1 Å². The maximum Gasteiger partial charge on any atom is 0.138 e. The van der Waals surface area contributed by atoms with Gasteiger partial charge in [-0.2, -0.15) is 0 Å². The maximum absolute atomic E-state index is 7.97. The highest BCUT2D eigenvalue weighted by Gasteiger charge is 2.06. The molecule has 0 aliphatic heterocycles.